The first kappa shape index (κ1) is 13.1. The Morgan fingerprint density at radius 1 is 1.16 bits per heavy atom. The zero-order valence-electron chi connectivity index (χ0n) is 11.8. The fourth-order valence-electron chi connectivity index (χ4n) is 3.91. The number of nitrogens with one attached hydrogen (secondary N) is 1. The molecule has 0 aromatic carbocycles. The summed E-state index contributed by atoms with van der Waals surface area (Å²) in [5.41, 5.74) is 0. The highest BCUT2D eigenvalue weighted by Crippen LogP contribution is 2.37. The molecule has 5 heteroatoms. The number of piperidine rings is 1. The molecule has 3 heterocycles. The van der Waals surface area contributed by atoms with Crippen molar-refractivity contribution in [2.75, 3.05) is 20.6 Å². The lowest BCUT2D eigenvalue weighted by Gasteiger charge is -2.36. The van der Waals surface area contributed by atoms with E-state index in [1.165, 1.54) is 30.6 Å². The van der Waals surface area contributed by atoms with E-state index >= 15 is 0 Å². The van der Waals surface area contributed by atoms with E-state index in [4.69, 9.17) is 0 Å². The summed E-state index contributed by atoms with van der Waals surface area (Å²) in [6.45, 7) is 0.873. The maximum absolute atomic E-state index is 11.8. The van der Waals surface area contributed by atoms with Crippen LogP contribution in [-0.2, 0) is 9.59 Å². The lowest BCUT2D eigenvalue weighted by atomic mass is 9.91. The average Bonchev–Trinajstić information content (AvgIpc) is 2.76. The smallest absolute Gasteiger partial charge is 0.246 e. The Kier molecular flexibility index (Phi) is 3.35. The van der Waals surface area contributed by atoms with Gasteiger partial charge in [0.1, 0.15) is 0 Å². The third kappa shape index (κ3) is 2.30. The standard InChI is InChI=1S/C14H23N3O2/c1-16-10-3-4-11(16)6-9(5-10)8-15-12-7-13(18)17(2)14(12)19/h9-12,15H,3-8H2,1-2H3. The zero-order chi connectivity index (χ0) is 13.6. The third-order valence-corrected chi connectivity index (χ3v) is 5.23. The summed E-state index contributed by atoms with van der Waals surface area (Å²) in [5, 5.41) is 3.32. The minimum absolute atomic E-state index is 0.0639. The monoisotopic (exact) mass is 265 g/mol. The molecular formula is C14H23N3O2. The van der Waals surface area contributed by atoms with Gasteiger partial charge in [-0.1, -0.05) is 0 Å². The Bertz CT molecular complexity index is 384. The molecular weight excluding hydrogens is 242 g/mol. The molecule has 3 unspecified atom stereocenters. The van der Waals surface area contributed by atoms with Crippen LogP contribution in [0.2, 0.25) is 0 Å². The lowest BCUT2D eigenvalue weighted by molar-refractivity contribution is -0.137. The first-order chi connectivity index (χ1) is 9.06. The van der Waals surface area contributed by atoms with E-state index in [9.17, 15) is 9.59 Å². The molecule has 3 aliphatic heterocycles. The van der Waals surface area contributed by atoms with Crippen LogP contribution in [0.15, 0.2) is 0 Å². The fourth-order valence-corrected chi connectivity index (χ4v) is 3.91. The summed E-state index contributed by atoms with van der Waals surface area (Å²) >= 11 is 0. The molecule has 2 bridgehead atoms. The van der Waals surface area contributed by atoms with Crippen LogP contribution >= 0.6 is 0 Å². The van der Waals surface area contributed by atoms with E-state index in [0.717, 1.165) is 18.6 Å². The normalized spacial score (nSPS) is 39.4. The average molecular weight is 265 g/mol. The Morgan fingerprint density at radius 2 is 1.79 bits per heavy atom. The van der Waals surface area contributed by atoms with E-state index < -0.39 is 0 Å². The third-order valence-electron chi connectivity index (χ3n) is 5.23. The molecule has 0 saturated carbocycles. The van der Waals surface area contributed by atoms with Gasteiger partial charge in [-0.15, -0.1) is 0 Å². The number of nitrogens with zero attached hydrogens (tertiary/aromatic N) is 2. The predicted molar refractivity (Wildman–Crippen MR) is 71.5 cm³/mol. The van der Waals surface area contributed by atoms with E-state index in [2.05, 4.69) is 17.3 Å². The van der Waals surface area contributed by atoms with Gasteiger partial charge in [0, 0.05) is 19.1 Å². The quantitative estimate of drug-likeness (QED) is 0.741. The molecule has 0 aromatic heterocycles. The Morgan fingerprint density at radius 3 is 2.32 bits per heavy atom. The van der Waals surface area contributed by atoms with Crippen molar-refractivity contribution in [2.45, 2.75) is 50.2 Å². The Balaban J connectivity index is 1.51. The minimum Gasteiger partial charge on any atom is -0.305 e. The second-order valence-corrected chi connectivity index (χ2v) is 6.34. The number of fused-ring (bicyclic) bond motifs is 2. The van der Waals surface area contributed by atoms with Crippen LogP contribution in [0.5, 0.6) is 0 Å². The maximum Gasteiger partial charge on any atom is 0.246 e. The topological polar surface area (TPSA) is 52.7 Å². The fraction of sp³-hybridized carbons (Fsp3) is 0.857. The van der Waals surface area contributed by atoms with Crippen LogP contribution in [0, 0.1) is 5.92 Å². The van der Waals surface area contributed by atoms with E-state index in [1.54, 1.807) is 7.05 Å². The van der Waals surface area contributed by atoms with Crippen molar-refractivity contribution < 1.29 is 9.59 Å². The van der Waals surface area contributed by atoms with Crippen LogP contribution in [0.4, 0.5) is 0 Å². The molecule has 3 atom stereocenters. The minimum atomic E-state index is -0.283. The van der Waals surface area contributed by atoms with Gasteiger partial charge in [0.15, 0.2) is 0 Å². The highest BCUT2D eigenvalue weighted by atomic mass is 16.2. The Hall–Kier alpha value is -0.940. The van der Waals surface area contributed by atoms with Gasteiger partial charge in [0.2, 0.25) is 11.8 Å². The van der Waals surface area contributed by atoms with Gasteiger partial charge in [0.05, 0.1) is 12.5 Å². The van der Waals surface area contributed by atoms with Gasteiger partial charge in [-0.3, -0.25) is 14.5 Å². The SMILES string of the molecule is CN1C(=O)CC(NCC2CC3CCC(C2)N3C)C1=O. The van der Waals surface area contributed by atoms with E-state index in [-0.39, 0.29) is 17.9 Å². The number of hydrogen-bond acceptors (Lipinski definition) is 4. The van der Waals surface area contributed by atoms with Gasteiger partial charge in [-0.05, 0) is 45.2 Å². The molecule has 3 saturated heterocycles. The molecule has 0 spiro atoms. The first-order valence-corrected chi connectivity index (χ1v) is 7.32. The van der Waals surface area contributed by atoms with Crippen molar-refractivity contribution in [3.05, 3.63) is 0 Å². The highest BCUT2D eigenvalue weighted by molar-refractivity contribution is 6.05. The number of rotatable bonds is 3. The van der Waals surface area contributed by atoms with Gasteiger partial charge < -0.3 is 10.2 Å². The van der Waals surface area contributed by atoms with Crippen LogP contribution in [-0.4, -0.2) is 60.4 Å². The number of amides is 2. The molecule has 0 radical (unpaired) electrons. The molecule has 106 valence electrons. The number of carbonyl (C=O) groups excluding carboxylic acids is 2. The second kappa shape index (κ2) is 4.87. The molecule has 1 N–H and O–H groups in total. The molecule has 0 aliphatic carbocycles. The van der Waals surface area contributed by atoms with Crippen molar-refractivity contribution in [1.82, 2.24) is 15.1 Å². The molecule has 19 heavy (non-hydrogen) atoms. The van der Waals surface area contributed by atoms with Crippen LogP contribution < -0.4 is 5.32 Å². The highest BCUT2D eigenvalue weighted by Gasteiger charge is 2.40. The summed E-state index contributed by atoms with van der Waals surface area (Å²) in [5.74, 6) is 0.523. The Labute approximate surface area is 114 Å². The first-order valence-electron chi connectivity index (χ1n) is 7.32. The van der Waals surface area contributed by atoms with Crippen molar-refractivity contribution in [2.24, 2.45) is 5.92 Å². The summed E-state index contributed by atoms with van der Waals surface area (Å²) in [6.07, 6.45) is 5.42. The number of hydrogen-bond donors (Lipinski definition) is 1. The van der Waals surface area contributed by atoms with Crippen molar-refractivity contribution in [1.29, 1.82) is 0 Å². The second-order valence-electron chi connectivity index (χ2n) is 6.34. The number of likely N-dealkylation sites (N-methyl/N-ethyl adjacent to an activating group) is 1. The molecule has 3 fully saturated rings. The lowest BCUT2D eigenvalue weighted by Crippen LogP contribution is -2.45. The van der Waals surface area contributed by atoms with Crippen molar-refractivity contribution in [3.8, 4) is 0 Å². The summed E-state index contributed by atoms with van der Waals surface area (Å²) in [6, 6.07) is 1.18. The van der Waals surface area contributed by atoms with Gasteiger partial charge >= 0.3 is 0 Å². The molecule has 3 rings (SSSR count). The summed E-state index contributed by atoms with van der Waals surface area (Å²) in [4.78, 5) is 27.0. The van der Waals surface area contributed by atoms with Crippen LogP contribution in [0.1, 0.15) is 32.1 Å². The van der Waals surface area contributed by atoms with E-state index in [1.807, 2.05) is 0 Å². The summed E-state index contributed by atoms with van der Waals surface area (Å²) < 4.78 is 0. The van der Waals surface area contributed by atoms with Crippen LogP contribution in [0.3, 0.4) is 0 Å². The largest absolute Gasteiger partial charge is 0.305 e. The number of carbonyl (C=O) groups is 2. The maximum atomic E-state index is 11.8. The van der Waals surface area contributed by atoms with Gasteiger partial charge in [-0.25, -0.2) is 0 Å². The van der Waals surface area contributed by atoms with Gasteiger partial charge in [0.25, 0.3) is 0 Å². The molecule has 2 amide bonds. The molecule has 0 aromatic rings. The molecule has 3 aliphatic rings. The van der Waals surface area contributed by atoms with Crippen molar-refractivity contribution in [3.63, 3.8) is 0 Å². The van der Waals surface area contributed by atoms with Crippen LogP contribution in [0.25, 0.3) is 0 Å². The van der Waals surface area contributed by atoms with Gasteiger partial charge in [-0.2, -0.15) is 0 Å². The zero-order valence-corrected chi connectivity index (χ0v) is 11.8. The number of imide groups is 1. The van der Waals surface area contributed by atoms with E-state index in [0.29, 0.717) is 12.3 Å². The summed E-state index contributed by atoms with van der Waals surface area (Å²) in [7, 11) is 3.81. The number of likely N-dealkylation sites (tertiary alicyclic amines) is 1. The van der Waals surface area contributed by atoms with Crippen molar-refractivity contribution >= 4 is 11.8 Å². The predicted octanol–water partition coefficient (Wildman–Crippen LogP) is 0.206. The molecule has 5 nitrogen and oxygen atoms in total.